The summed E-state index contributed by atoms with van der Waals surface area (Å²) in [5.74, 6) is 2.27. The maximum Gasteiger partial charge on any atom is 0.223 e. The van der Waals surface area contributed by atoms with Crippen LogP contribution in [0.1, 0.15) is 29.7 Å². The van der Waals surface area contributed by atoms with Gasteiger partial charge in [0.1, 0.15) is 0 Å². The molecule has 0 heterocycles. The molecule has 3 unspecified atom stereocenters. The molecule has 3 rings (SSSR count). The van der Waals surface area contributed by atoms with Crippen LogP contribution in [0.4, 0.5) is 0 Å². The molecule has 0 bridgehead atoms. The molecule has 1 aromatic carbocycles. The van der Waals surface area contributed by atoms with Crippen molar-refractivity contribution in [3.05, 3.63) is 35.9 Å². The molecule has 0 radical (unpaired) electrons. The van der Waals surface area contributed by atoms with E-state index in [-0.39, 0.29) is 16.7 Å². The zero-order valence-corrected chi connectivity index (χ0v) is 11.9. The van der Waals surface area contributed by atoms with Crippen molar-refractivity contribution in [1.82, 2.24) is 5.32 Å². The number of alkyl halides is 1. The largest absolute Gasteiger partial charge is 0.354 e. The van der Waals surface area contributed by atoms with E-state index in [0.717, 1.165) is 24.7 Å². The Morgan fingerprint density at radius 2 is 1.89 bits per heavy atom. The van der Waals surface area contributed by atoms with Crippen molar-refractivity contribution >= 4 is 21.8 Å². The lowest BCUT2D eigenvalue weighted by atomic mass is 10.0. The Kier molecular flexibility index (Phi) is 3.42. The van der Waals surface area contributed by atoms with E-state index in [2.05, 4.69) is 33.4 Å². The second-order valence-corrected chi connectivity index (χ2v) is 6.65. The Labute approximate surface area is 116 Å². The Morgan fingerprint density at radius 1 is 1.22 bits per heavy atom. The third-order valence-corrected chi connectivity index (χ3v) is 5.08. The summed E-state index contributed by atoms with van der Waals surface area (Å²) in [5.41, 5.74) is 1.21. The van der Waals surface area contributed by atoms with Crippen LogP contribution in [-0.4, -0.2) is 12.5 Å². The smallest absolute Gasteiger partial charge is 0.223 e. The van der Waals surface area contributed by atoms with Crippen LogP contribution in [0.5, 0.6) is 0 Å². The summed E-state index contributed by atoms with van der Waals surface area (Å²) in [6.07, 6.45) is 3.61. The van der Waals surface area contributed by atoms with Crippen molar-refractivity contribution in [2.45, 2.75) is 24.1 Å². The van der Waals surface area contributed by atoms with Crippen LogP contribution in [0, 0.1) is 17.8 Å². The maximum absolute atomic E-state index is 12.0. The normalized spacial score (nSPS) is 30.6. The number of hydrogen-bond acceptors (Lipinski definition) is 1. The van der Waals surface area contributed by atoms with Gasteiger partial charge in [0.2, 0.25) is 5.91 Å². The Balaban J connectivity index is 1.47. The zero-order chi connectivity index (χ0) is 12.5. The van der Waals surface area contributed by atoms with Crippen molar-refractivity contribution < 1.29 is 4.79 Å². The topological polar surface area (TPSA) is 29.1 Å². The highest BCUT2D eigenvalue weighted by molar-refractivity contribution is 9.09. The first kappa shape index (κ1) is 12.2. The van der Waals surface area contributed by atoms with Crippen molar-refractivity contribution in [2.75, 3.05) is 6.54 Å². The molecule has 1 N–H and O–H groups in total. The highest BCUT2D eigenvalue weighted by atomic mass is 79.9. The minimum absolute atomic E-state index is 0.207. The van der Waals surface area contributed by atoms with Gasteiger partial charge in [0.15, 0.2) is 0 Å². The lowest BCUT2D eigenvalue weighted by Crippen LogP contribution is -2.32. The van der Waals surface area contributed by atoms with Crippen LogP contribution in [0.2, 0.25) is 0 Å². The number of fused-ring (bicyclic) bond motifs is 1. The molecule has 0 saturated heterocycles. The molecule has 0 spiro atoms. The molecule has 2 aliphatic carbocycles. The predicted molar refractivity (Wildman–Crippen MR) is 75.4 cm³/mol. The molecule has 1 amide bonds. The third-order valence-electron chi connectivity index (χ3n) is 4.23. The van der Waals surface area contributed by atoms with Crippen LogP contribution >= 0.6 is 15.9 Å². The van der Waals surface area contributed by atoms with Crippen LogP contribution in [0.3, 0.4) is 0 Å². The summed E-state index contributed by atoms with van der Waals surface area (Å²) in [6, 6.07) is 10.2. The third kappa shape index (κ3) is 2.61. The van der Waals surface area contributed by atoms with Gasteiger partial charge in [-0.25, -0.2) is 0 Å². The summed E-state index contributed by atoms with van der Waals surface area (Å²) in [4.78, 5) is 12.2. The molecule has 96 valence electrons. The van der Waals surface area contributed by atoms with Gasteiger partial charge >= 0.3 is 0 Å². The fourth-order valence-corrected chi connectivity index (χ4v) is 3.51. The molecule has 3 heteroatoms. The number of rotatable bonds is 4. The second kappa shape index (κ2) is 5.04. The van der Waals surface area contributed by atoms with Crippen molar-refractivity contribution in [3.8, 4) is 0 Å². The van der Waals surface area contributed by atoms with Gasteiger partial charge < -0.3 is 5.32 Å². The van der Waals surface area contributed by atoms with Gasteiger partial charge in [0, 0.05) is 12.5 Å². The summed E-state index contributed by atoms with van der Waals surface area (Å²) in [5, 5.41) is 3.08. The van der Waals surface area contributed by atoms with E-state index in [1.807, 2.05) is 18.2 Å². The minimum atomic E-state index is 0.207. The average Bonchev–Trinajstić information content (AvgIpc) is 3.03. The summed E-state index contributed by atoms with van der Waals surface area (Å²) >= 11 is 3.63. The molecular formula is C15H18BrNO. The molecule has 18 heavy (non-hydrogen) atoms. The molecule has 0 aromatic heterocycles. The van der Waals surface area contributed by atoms with E-state index in [0.29, 0.717) is 6.54 Å². The lowest BCUT2D eigenvalue weighted by molar-refractivity contribution is -0.125. The van der Waals surface area contributed by atoms with Gasteiger partial charge in [-0.3, -0.25) is 4.79 Å². The standard InChI is InChI=1S/C15H18BrNO/c16-14(10-4-2-1-3-5-10)9-17-15(18)13-7-11-6-12(11)8-13/h1-5,11-14H,6-9H2,(H,17,18). The van der Waals surface area contributed by atoms with Gasteiger partial charge in [0.25, 0.3) is 0 Å². The van der Waals surface area contributed by atoms with Crippen LogP contribution < -0.4 is 5.32 Å². The first-order chi connectivity index (χ1) is 8.74. The summed E-state index contributed by atoms with van der Waals surface area (Å²) in [6.45, 7) is 0.675. The molecule has 2 nitrogen and oxygen atoms in total. The number of benzene rings is 1. The van der Waals surface area contributed by atoms with Gasteiger partial charge in [-0.1, -0.05) is 46.3 Å². The minimum Gasteiger partial charge on any atom is -0.354 e. The van der Waals surface area contributed by atoms with E-state index in [1.165, 1.54) is 12.0 Å². The van der Waals surface area contributed by atoms with Crippen LogP contribution in [0.25, 0.3) is 0 Å². The molecule has 2 aliphatic rings. The monoisotopic (exact) mass is 307 g/mol. The van der Waals surface area contributed by atoms with E-state index >= 15 is 0 Å². The number of amides is 1. The molecule has 0 aliphatic heterocycles. The van der Waals surface area contributed by atoms with Gasteiger partial charge in [0.05, 0.1) is 4.83 Å². The molecule has 1 aromatic rings. The molecule has 3 atom stereocenters. The van der Waals surface area contributed by atoms with Crippen molar-refractivity contribution in [2.24, 2.45) is 17.8 Å². The second-order valence-electron chi connectivity index (χ2n) is 5.55. The molecule has 2 fully saturated rings. The Hall–Kier alpha value is -0.830. The molecular weight excluding hydrogens is 290 g/mol. The Morgan fingerprint density at radius 3 is 2.56 bits per heavy atom. The average molecular weight is 308 g/mol. The first-order valence-electron chi connectivity index (χ1n) is 6.71. The van der Waals surface area contributed by atoms with Crippen molar-refractivity contribution in [3.63, 3.8) is 0 Å². The number of nitrogens with one attached hydrogen (secondary N) is 1. The van der Waals surface area contributed by atoms with E-state index in [4.69, 9.17) is 0 Å². The zero-order valence-electron chi connectivity index (χ0n) is 10.3. The quantitative estimate of drug-likeness (QED) is 0.850. The highest BCUT2D eigenvalue weighted by Gasteiger charge is 2.47. The SMILES string of the molecule is O=C(NCC(Br)c1ccccc1)C1CC2CC2C1. The van der Waals surface area contributed by atoms with E-state index in [1.54, 1.807) is 0 Å². The highest BCUT2D eigenvalue weighted by Crippen LogP contribution is 2.54. The van der Waals surface area contributed by atoms with Crippen molar-refractivity contribution in [1.29, 1.82) is 0 Å². The van der Waals surface area contributed by atoms with Crippen LogP contribution in [-0.2, 0) is 4.79 Å². The summed E-state index contributed by atoms with van der Waals surface area (Å²) < 4.78 is 0. The van der Waals surface area contributed by atoms with E-state index in [9.17, 15) is 4.79 Å². The maximum atomic E-state index is 12.0. The van der Waals surface area contributed by atoms with Gasteiger partial charge in [-0.05, 0) is 36.7 Å². The predicted octanol–water partition coefficient (Wildman–Crippen LogP) is 3.28. The Bertz CT molecular complexity index is 423. The fourth-order valence-electron chi connectivity index (χ4n) is 3.04. The van der Waals surface area contributed by atoms with Crippen LogP contribution in [0.15, 0.2) is 30.3 Å². The lowest BCUT2D eigenvalue weighted by Gasteiger charge is -2.15. The summed E-state index contributed by atoms with van der Waals surface area (Å²) in [7, 11) is 0. The first-order valence-corrected chi connectivity index (χ1v) is 7.62. The van der Waals surface area contributed by atoms with E-state index < -0.39 is 0 Å². The van der Waals surface area contributed by atoms with Gasteiger partial charge in [-0.15, -0.1) is 0 Å². The number of hydrogen-bond donors (Lipinski definition) is 1. The number of carbonyl (C=O) groups excluding carboxylic acids is 1. The number of carbonyl (C=O) groups is 1. The fraction of sp³-hybridized carbons (Fsp3) is 0.533. The number of halogens is 1. The van der Waals surface area contributed by atoms with Gasteiger partial charge in [-0.2, -0.15) is 0 Å². The molecule has 2 saturated carbocycles.